The van der Waals surface area contributed by atoms with Crippen molar-refractivity contribution in [2.45, 2.75) is 12.1 Å². The Bertz CT molecular complexity index is 900. The molecule has 6 nitrogen and oxygen atoms in total. The van der Waals surface area contributed by atoms with Crippen molar-refractivity contribution in [2.75, 3.05) is 11.1 Å². The second-order valence-electron chi connectivity index (χ2n) is 5.17. The number of tetrazole rings is 1. The molecule has 3 rings (SSSR count). The average Bonchev–Trinajstić information content (AvgIpc) is 3.05. The summed E-state index contributed by atoms with van der Waals surface area (Å²) in [7, 11) is 0. The van der Waals surface area contributed by atoms with E-state index in [1.807, 2.05) is 37.3 Å². The average molecular weight is 439 g/mol. The molecule has 9 heteroatoms. The van der Waals surface area contributed by atoms with E-state index in [0.717, 1.165) is 21.4 Å². The summed E-state index contributed by atoms with van der Waals surface area (Å²) < 4.78 is 2.41. The van der Waals surface area contributed by atoms with Gasteiger partial charge in [-0.1, -0.05) is 29.4 Å². The number of carbonyl (C=O) groups is 1. The maximum atomic E-state index is 12.2. The predicted molar refractivity (Wildman–Crippen MR) is 102 cm³/mol. The molecule has 3 aromatic rings. The predicted octanol–water partition coefficient (Wildman–Crippen LogP) is 4.12. The van der Waals surface area contributed by atoms with Crippen LogP contribution in [0.3, 0.4) is 0 Å². The first kappa shape index (κ1) is 17.9. The first-order valence-corrected chi connectivity index (χ1v) is 9.42. The third-order valence-electron chi connectivity index (χ3n) is 3.24. The van der Waals surface area contributed by atoms with Gasteiger partial charge >= 0.3 is 0 Å². The second kappa shape index (κ2) is 7.99. The fourth-order valence-electron chi connectivity index (χ4n) is 2.05. The van der Waals surface area contributed by atoms with Gasteiger partial charge in [0.1, 0.15) is 0 Å². The van der Waals surface area contributed by atoms with Crippen LogP contribution in [-0.4, -0.2) is 31.9 Å². The summed E-state index contributed by atoms with van der Waals surface area (Å²) in [4.78, 5) is 12.2. The van der Waals surface area contributed by atoms with Crippen molar-refractivity contribution in [3.8, 4) is 5.69 Å². The lowest BCUT2D eigenvalue weighted by Crippen LogP contribution is -2.15. The van der Waals surface area contributed by atoms with Gasteiger partial charge in [-0.3, -0.25) is 4.79 Å². The molecule has 2 aromatic carbocycles. The highest BCUT2D eigenvalue weighted by molar-refractivity contribution is 9.10. The van der Waals surface area contributed by atoms with Crippen molar-refractivity contribution in [1.82, 2.24) is 20.2 Å². The molecular formula is C16H13BrClN5OS. The smallest absolute Gasteiger partial charge is 0.234 e. The fraction of sp³-hybridized carbons (Fsp3) is 0.125. The summed E-state index contributed by atoms with van der Waals surface area (Å²) in [6.45, 7) is 1.99. The Kier molecular flexibility index (Phi) is 5.72. The monoisotopic (exact) mass is 437 g/mol. The van der Waals surface area contributed by atoms with Gasteiger partial charge in [0.05, 0.1) is 17.1 Å². The summed E-state index contributed by atoms with van der Waals surface area (Å²) in [5, 5.41) is 15.6. The third kappa shape index (κ3) is 4.59. The van der Waals surface area contributed by atoms with Crippen molar-refractivity contribution in [3.63, 3.8) is 0 Å². The molecule has 1 N–H and O–H groups in total. The maximum Gasteiger partial charge on any atom is 0.234 e. The lowest BCUT2D eigenvalue weighted by atomic mass is 10.2. The Morgan fingerprint density at radius 2 is 2.04 bits per heavy atom. The van der Waals surface area contributed by atoms with Crippen LogP contribution in [0.1, 0.15) is 5.56 Å². The van der Waals surface area contributed by atoms with Gasteiger partial charge in [-0.2, -0.15) is 4.68 Å². The Balaban J connectivity index is 1.65. The van der Waals surface area contributed by atoms with E-state index in [2.05, 4.69) is 36.8 Å². The highest BCUT2D eigenvalue weighted by atomic mass is 79.9. The van der Waals surface area contributed by atoms with Gasteiger partial charge in [0.15, 0.2) is 0 Å². The molecule has 0 aliphatic carbocycles. The van der Waals surface area contributed by atoms with E-state index in [4.69, 9.17) is 11.6 Å². The van der Waals surface area contributed by atoms with Gasteiger partial charge in [0.25, 0.3) is 0 Å². The Labute approximate surface area is 162 Å². The quantitative estimate of drug-likeness (QED) is 0.607. The molecule has 25 heavy (non-hydrogen) atoms. The topological polar surface area (TPSA) is 72.7 Å². The molecule has 0 aliphatic heterocycles. The Hall–Kier alpha value is -1.90. The number of thioether (sulfide) groups is 1. The van der Waals surface area contributed by atoms with Gasteiger partial charge in [0.2, 0.25) is 11.1 Å². The number of anilines is 1. The van der Waals surface area contributed by atoms with E-state index in [1.165, 1.54) is 11.8 Å². The van der Waals surface area contributed by atoms with Crippen molar-refractivity contribution in [2.24, 2.45) is 0 Å². The summed E-state index contributed by atoms with van der Waals surface area (Å²) in [6, 6.07) is 12.9. The van der Waals surface area contributed by atoms with Crippen LogP contribution in [0.5, 0.6) is 0 Å². The minimum absolute atomic E-state index is 0.139. The lowest BCUT2D eigenvalue weighted by Gasteiger charge is -2.08. The number of halogens is 2. The van der Waals surface area contributed by atoms with Crippen LogP contribution in [0.2, 0.25) is 5.02 Å². The van der Waals surface area contributed by atoms with Gasteiger partial charge in [-0.15, -0.1) is 5.10 Å². The van der Waals surface area contributed by atoms with Crippen molar-refractivity contribution < 1.29 is 4.79 Å². The molecular weight excluding hydrogens is 426 g/mol. The molecule has 1 aromatic heterocycles. The number of rotatable bonds is 5. The van der Waals surface area contributed by atoms with Crippen LogP contribution >= 0.6 is 39.3 Å². The number of aryl methyl sites for hydroxylation is 1. The van der Waals surface area contributed by atoms with E-state index >= 15 is 0 Å². The van der Waals surface area contributed by atoms with E-state index in [9.17, 15) is 4.79 Å². The van der Waals surface area contributed by atoms with Crippen molar-refractivity contribution >= 4 is 50.9 Å². The molecule has 1 heterocycles. The molecule has 0 saturated carbocycles. The van der Waals surface area contributed by atoms with Crippen LogP contribution < -0.4 is 5.32 Å². The van der Waals surface area contributed by atoms with Crippen LogP contribution in [0.4, 0.5) is 5.69 Å². The van der Waals surface area contributed by atoms with Gasteiger partial charge < -0.3 is 5.32 Å². The van der Waals surface area contributed by atoms with Crippen LogP contribution in [0.15, 0.2) is 52.1 Å². The molecule has 0 saturated heterocycles. The van der Waals surface area contributed by atoms with Gasteiger partial charge in [-0.25, -0.2) is 0 Å². The fourth-order valence-corrected chi connectivity index (χ4v) is 3.46. The number of hydrogen-bond acceptors (Lipinski definition) is 5. The zero-order valence-electron chi connectivity index (χ0n) is 13.1. The van der Waals surface area contributed by atoms with Crippen LogP contribution in [0, 0.1) is 6.92 Å². The molecule has 0 aliphatic rings. The van der Waals surface area contributed by atoms with E-state index < -0.39 is 0 Å². The SMILES string of the molecule is Cc1ccc(NC(=O)CSc2nnnn2-c2ccc(Cl)cc2)c(Br)c1. The van der Waals surface area contributed by atoms with Crippen molar-refractivity contribution in [3.05, 3.63) is 57.5 Å². The summed E-state index contributed by atoms with van der Waals surface area (Å²) in [5.41, 5.74) is 2.62. The first-order chi connectivity index (χ1) is 12.0. The standard InChI is InChI=1S/C16H13BrClN5OS/c1-10-2-7-14(13(17)8-10)19-15(24)9-25-16-20-21-22-23(16)12-5-3-11(18)4-6-12/h2-8H,9H2,1H3,(H,19,24). The van der Waals surface area contributed by atoms with Crippen LogP contribution in [-0.2, 0) is 4.79 Å². The number of hydrogen-bond donors (Lipinski definition) is 1. The first-order valence-electron chi connectivity index (χ1n) is 7.26. The Morgan fingerprint density at radius 3 is 2.76 bits per heavy atom. The molecule has 0 bridgehead atoms. The summed E-state index contributed by atoms with van der Waals surface area (Å²) in [6.07, 6.45) is 0. The number of carbonyl (C=O) groups excluding carboxylic acids is 1. The molecule has 0 unspecified atom stereocenters. The van der Waals surface area contributed by atoms with Gasteiger partial charge in [0, 0.05) is 9.50 Å². The number of benzene rings is 2. The lowest BCUT2D eigenvalue weighted by molar-refractivity contribution is -0.113. The summed E-state index contributed by atoms with van der Waals surface area (Å²) >= 11 is 10.6. The van der Waals surface area contributed by atoms with Crippen molar-refractivity contribution in [1.29, 1.82) is 0 Å². The molecule has 0 atom stereocenters. The third-order valence-corrected chi connectivity index (χ3v) is 5.07. The molecule has 0 spiro atoms. The Morgan fingerprint density at radius 1 is 1.28 bits per heavy atom. The minimum Gasteiger partial charge on any atom is -0.324 e. The molecule has 0 fully saturated rings. The number of amides is 1. The maximum absolute atomic E-state index is 12.2. The number of aromatic nitrogens is 4. The highest BCUT2D eigenvalue weighted by Crippen LogP contribution is 2.24. The summed E-state index contributed by atoms with van der Waals surface area (Å²) in [5.74, 6) is 0.0501. The van der Waals surface area contributed by atoms with E-state index in [0.29, 0.717) is 10.2 Å². The normalized spacial score (nSPS) is 10.7. The largest absolute Gasteiger partial charge is 0.324 e. The number of nitrogens with one attached hydrogen (secondary N) is 1. The van der Waals surface area contributed by atoms with E-state index in [1.54, 1.807) is 16.8 Å². The second-order valence-corrected chi connectivity index (χ2v) is 7.40. The zero-order valence-corrected chi connectivity index (χ0v) is 16.3. The minimum atomic E-state index is -0.139. The van der Waals surface area contributed by atoms with Crippen LogP contribution in [0.25, 0.3) is 5.69 Å². The number of nitrogens with zero attached hydrogens (tertiary/aromatic N) is 4. The zero-order chi connectivity index (χ0) is 17.8. The molecule has 0 radical (unpaired) electrons. The highest BCUT2D eigenvalue weighted by Gasteiger charge is 2.12. The van der Waals surface area contributed by atoms with E-state index in [-0.39, 0.29) is 11.7 Å². The molecule has 1 amide bonds. The van der Waals surface area contributed by atoms with Gasteiger partial charge in [-0.05, 0) is 75.2 Å². The molecule has 128 valence electrons.